The van der Waals surface area contributed by atoms with E-state index in [4.69, 9.17) is 21.1 Å². The molecule has 6 nitrogen and oxygen atoms in total. The average molecular weight is 397 g/mol. The molecule has 2 aliphatic rings. The van der Waals surface area contributed by atoms with Crippen molar-refractivity contribution < 1.29 is 18.8 Å². The van der Waals surface area contributed by atoms with Crippen molar-refractivity contribution in [1.29, 1.82) is 0 Å². The highest BCUT2D eigenvalue weighted by atomic mass is 35.5. The van der Waals surface area contributed by atoms with E-state index >= 15 is 0 Å². The predicted molar refractivity (Wildman–Crippen MR) is 105 cm³/mol. The molecule has 0 saturated carbocycles. The minimum Gasteiger partial charge on any atom is -0.454 e. The predicted octanol–water partition coefficient (Wildman–Crippen LogP) is 3.41. The summed E-state index contributed by atoms with van der Waals surface area (Å²) in [4.78, 5) is 12.6. The summed E-state index contributed by atoms with van der Waals surface area (Å²) in [7, 11) is 0. The molecule has 0 saturated heterocycles. The smallest absolute Gasteiger partial charge is 0.266 e. The lowest BCUT2D eigenvalue weighted by molar-refractivity contribution is -0.690. The number of benzene rings is 2. The lowest BCUT2D eigenvalue weighted by atomic mass is 10.2. The Morgan fingerprint density at radius 3 is 2.82 bits per heavy atom. The fourth-order valence-corrected chi connectivity index (χ4v) is 3.95. The van der Waals surface area contributed by atoms with E-state index in [2.05, 4.69) is 16.1 Å². The van der Waals surface area contributed by atoms with Crippen LogP contribution in [0, 0.1) is 0 Å². The van der Waals surface area contributed by atoms with E-state index in [1.807, 2.05) is 34.9 Å². The number of amides is 1. The Labute approximate surface area is 167 Å². The summed E-state index contributed by atoms with van der Waals surface area (Å²) < 4.78 is 15.0. The SMILES string of the molecule is O=C(C[n+]1cc(-c2ccc(Cl)cc2)n2c1CCC2)Nc1ccc2c(c1)OCO2. The molecule has 1 aromatic heterocycles. The van der Waals surface area contributed by atoms with E-state index in [1.165, 1.54) is 5.82 Å². The number of hydrogen-bond donors (Lipinski definition) is 1. The van der Waals surface area contributed by atoms with Crippen LogP contribution in [0.3, 0.4) is 0 Å². The van der Waals surface area contributed by atoms with Gasteiger partial charge in [0.15, 0.2) is 23.7 Å². The van der Waals surface area contributed by atoms with Gasteiger partial charge in [-0.15, -0.1) is 0 Å². The number of anilines is 1. The summed E-state index contributed by atoms with van der Waals surface area (Å²) in [6.45, 7) is 1.44. The molecule has 0 unspecified atom stereocenters. The number of rotatable bonds is 4. The minimum absolute atomic E-state index is 0.0770. The molecule has 0 aliphatic carbocycles. The Bertz CT molecular complexity index is 1060. The highest BCUT2D eigenvalue weighted by Gasteiger charge is 2.29. The maximum Gasteiger partial charge on any atom is 0.266 e. The van der Waals surface area contributed by atoms with Gasteiger partial charge in [0.2, 0.25) is 6.79 Å². The quantitative estimate of drug-likeness (QED) is 0.687. The number of hydrogen-bond acceptors (Lipinski definition) is 3. The van der Waals surface area contributed by atoms with Crippen molar-refractivity contribution in [2.75, 3.05) is 12.1 Å². The van der Waals surface area contributed by atoms with Crippen LogP contribution in [-0.4, -0.2) is 17.3 Å². The molecule has 0 spiro atoms. The van der Waals surface area contributed by atoms with E-state index in [0.717, 1.165) is 30.6 Å². The van der Waals surface area contributed by atoms with Crippen LogP contribution in [0.5, 0.6) is 11.5 Å². The van der Waals surface area contributed by atoms with E-state index in [0.29, 0.717) is 22.2 Å². The first-order chi connectivity index (χ1) is 13.7. The number of nitrogens with zero attached hydrogens (tertiary/aromatic N) is 2. The van der Waals surface area contributed by atoms with Crippen LogP contribution in [0.1, 0.15) is 12.2 Å². The number of fused-ring (bicyclic) bond motifs is 2. The van der Waals surface area contributed by atoms with Crippen LogP contribution in [0.15, 0.2) is 48.7 Å². The normalized spacial score (nSPS) is 14.2. The van der Waals surface area contributed by atoms with Gasteiger partial charge in [0, 0.05) is 22.3 Å². The summed E-state index contributed by atoms with van der Waals surface area (Å²) in [6.07, 6.45) is 4.10. The minimum atomic E-state index is -0.0770. The van der Waals surface area contributed by atoms with Crippen molar-refractivity contribution in [2.24, 2.45) is 0 Å². The largest absolute Gasteiger partial charge is 0.454 e. The Morgan fingerprint density at radius 1 is 1.14 bits per heavy atom. The highest BCUT2D eigenvalue weighted by Crippen LogP contribution is 2.34. The van der Waals surface area contributed by atoms with Gasteiger partial charge in [0.1, 0.15) is 6.20 Å². The van der Waals surface area contributed by atoms with E-state index < -0.39 is 0 Å². The fourth-order valence-electron chi connectivity index (χ4n) is 3.83. The summed E-state index contributed by atoms with van der Waals surface area (Å²) in [5.74, 6) is 2.45. The van der Waals surface area contributed by atoms with Gasteiger partial charge in [-0.25, -0.2) is 9.13 Å². The molecule has 1 amide bonds. The molecule has 0 atom stereocenters. The Morgan fingerprint density at radius 2 is 1.96 bits per heavy atom. The molecule has 5 rings (SSSR count). The second-order valence-electron chi connectivity index (χ2n) is 6.94. The molecular weight excluding hydrogens is 378 g/mol. The third-order valence-corrected chi connectivity index (χ3v) is 5.36. The average Bonchev–Trinajstić information content (AvgIpc) is 3.40. The summed E-state index contributed by atoms with van der Waals surface area (Å²) in [6, 6.07) is 13.2. The monoisotopic (exact) mass is 396 g/mol. The molecule has 2 aromatic carbocycles. The highest BCUT2D eigenvalue weighted by molar-refractivity contribution is 6.30. The van der Waals surface area contributed by atoms with Crippen LogP contribution in [0.25, 0.3) is 11.3 Å². The Hall–Kier alpha value is -2.99. The number of aromatic nitrogens is 2. The van der Waals surface area contributed by atoms with Crippen molar-refractivity contribution in [2.45, 2.75) is 25.9 Å². The van der Waals surface area contributed by atoms with Gasteiger partial charge in [0.05, 0.1) is 13.0 Å². The first kappa shape index (κ1) is 17.1. The van der Waals surface area contributed by atoms with Gasteiger partial charge in [0.25, 0.3) is 11.7 Å². The van der Waals surface area contributed by atoms with Crippen molar-refractivity contribution in [1.82, 2.24) is 4.57 Å². The van der Waals surface area contributed by atoms with Crippen LogP contribution in [0.4, 0.5) is 5.69 Å². The van der Waals surface area contributed by atoms with Crippen molar-refractivity contribution in [3.63, 3.8) is 0 Å². The molecule has 2 aliphatic heterocycles. The zero-order chi connectivity index (χ0) is 19.1. The molecule has 3 aromatic rings. The maximum absolute atomic E-state index is 12.6. The molecule has 0 radical (unpaired) electrons. The van der Waals surface area contributed by atoms with Gasteiger partial charge in [-0.3, -0.25) is 4.79 Å². The Balaban J connectivity index is 1.37. The molecule has 7 heteroatoms. The summed E-state index contributed by atoms with van der Waals surface area (Å²) in [5.41, 5.74) is 2.91. The lowest BCUT2D eigenvalue weighted by Crippen LogP contribution is -2.42. The topological polar surface area (TPSA) is 56.4 Å². The zero-order valence-electron chi connectivity index (χ0n) is 15.2. The van der Waals surface area contributed by atoms with Gasteiger partial charge in [-0.1, -0.05) is 11.6 Å². The second kappa shape index (κ2) is 6.87. The van der Waals surface area contributed by atoms with E-state index in [9.17, 15) is 4.79 Å². The molecule has 142 valence electrons. The van der Waals surface area contributed by atoms with Gasteiger partial charge >= 0.3 is 0 Å². The number of ether oxygens (including phenoxy) is 2. The van der Waals surface area contributed by atoms with Crippen LogP contribution in [-0.2, 0) is 24.3 Å². The molecule has 0 bridgehead atoms. The van der Waals surface area contributed by atoms with Gasteiger partial charge < -0.3 is 14.8 Å². The van der Waals surface area contributed by atoms with Crippen LogP contribution < -0.4 is 19.4 Å². The lowest BCUT2D eigenvalue weighted by Gasteiger charge is -2.05. The van der Waals surface area contributed by atoms with Crippen LogP contribution >= 0.6 is 11.6 Å². The molecule has 28 heavy (non-hydrogen) atoms. The third kappa shape index (κ3) is 3.10. The Kier molecular flexibility index (Phi) is 4.20. The first-order valence-corrected chi connectivity index (χ1v) is 9.62. The molecular formula is C21H19ClN3O3+. The van der Waals surface area contributed by atoms with Crippen molar-refractivity contribution in [3.05, 3.63) is 59.5 Å². The standard InChI is InChI=1S/C21H18ClN3O3/c22-15-5-3-14(4-6-15)17-11-24(21-2-1-9-25(17)21)12-20(26)23-16-7-8-18-19(10-16)28-13-27-18/h3-8,10-11H,1-2,9,12-13H2/p+1. The summed E-state index contributed by atoms with van der Waals surface area (Å²) >= 11 is 6.02. The molecule has 3 heterocycles. The number of halogens is 1. The first-order valence-electron chi connectivity index (χ1n) is 9.25. The van der Waals surface area contributed by atoms with E-state index in [1.54, 1.807) is 12.1 Å². The maximum atomic E-state index is 12.6. The summed E-state index contributed by atoms with van der Waals surface area (Å²) in [5, 5.41) is 3.66. The van der Waals surface area contributed by atoms with Gasteiger partial charge in [-0.2, -0.15) is 0 Å². The number of imidazole rings is 1. The van der Waals surface area contributed by atoms with Crippen molar-refractivity contribution >= 4 is 23.2 Å². The number of carbonyl (C=O) groups is 1. The number of carbonyl (C=O) groups excluding carboxylic acids is 1. The third-order valence-electron chi connectivity index (χ3n) is 5.10. The molecule has 0 fully saturated rings. The van der Waals surface area contributed by atoms with Crippen LogP contribution in [0.2, 0.25) is 5.02 Å². The molecule has 1 N–H and O–H groups in total. The fraction of sp³-hybridized carbons (Fsp3) is 0.238. The second-order valence-corrected chi connectivity index (χ2v) is 7.37. The van der Waals surface area contributed by atoms with E-state index in [-0.39, 0.29) is 19.2 Å². The van der Waals surface area contributed by atoms with Gasteiger partial charge in [-0.05, 0) is 42.8 Å². The number of nitrogens with one attached hydrogen (secondary N) is 1. The van der Waals surface area contributed by atoms with Crippen molar-refractivity contribution in [3.8, 4) is 22.8 Å². The zero-order valence-corrected chi connectivity index (χ0v) is 15.9.